The van der Waals surface area contributed by atoms with Crippen LogP contribution >= 0.6 is 23.5 Å². The Balaban J connectivity index is 1.33. The van der Waals surface area contributed by atoms with Gasteiger partial charge in [0, 0.05) is 39.9 Å². The van der Waals surface area contributed by atoms with Gasteiger partial charge in [0.25, 0.3) is 0 Å². The average Bonchev–Trinajstić information content (AvgIpc) is 3.09. The van der Waals surface area contributed by atoms with Crippen LogP contribution in [0.15, 0.2) is 144 Å². The van der Waals surface area contributed by atoms with Crippen LogP contribution in [0.4, 0.5) is 0 Å². The van der Waals surface area contributed by atoms with Crippen molar-refractivity contribution < 1.29 is 28.5 Å². The smallest absolute Gasteiger partial charge is 0.330 e. The molecule has 6 nitrogen and oxygen atoms in total. The lowest BCUT2D eigenvalue weighted by Crippen LogP contribution is -2.27. The van der Waals surface area contributed by atoms with E-state index in [9.17, 15) is 9.59 Å². The number of carbonyl (C=O) groups excluding carboxylic acids is 2. The molecule has 0 saturated heterocycles. The van der Waals surface area contributed by atoms with Gasteiger partial charge >= 0.3 is 11.9 Å². The number of ether oxygens (including phenoxy) is 4. The van der Waals surface area contributed by atoms with E-state index in [4.69, 9.17) is 18.9 Å². The fourth-order valence-corrected chi connectivity index (χ4v) is 5.94. The van der Waals surface area contributed by atoms with Gasteiger partial charge in [-0.2, -0.15) is 0 Å². The molecule has 0 N–H and O–H groups in total. The van der Waals surface area contributed by atoms with Crippen LogP contribution in [-0.2, 0) is 25.5 Å². The molecule has 2 atom stereocenters. The molecule has 0 saturated carbocycles. The molecule has 2 unspecified atom stereocenters. The maximum atomic E-state index is 12.0. The van der Waals surface area contributed by atoms with E-state index in [1.165, 1.54) is 6.08 Å². The molecule has 0 radical (unpaired) electrons. The van der Waals surface area contributed by atoms with E-state index in [-0.39, 0.29) is 13.2 Å². The first-order valence-electron chi connectivity index (χ1n) is 14.5. The van der Waals surface area contributed by atoms with Gasteiger partial charge in [-0.05, 0) is 53.6 Å². The molecule has 45 heavy (non-hydrogen) atoms. The van der Waals surface area contributed by atoms with Crippen LogP contribution in [-0.4, -0.2) is 48.9 Å². The van der Waals surface area contributed by atoms with Crippen molar-refractivity contribution in [3.05, 3.63) is 146 Å². The summed E-state index contributed by atoms with van der Waals surface area (Å²) < 4.78 is 23.3. The summed E-state index contributed by atoms with van der Waals surface area (Å²) in [7, 11) is 0. The zero-order valence-electron chi connectivity index (χ0n) is 24.9. The van der Waals surface area contributed by atoms with Gasteiger partial charge in [0.1, 0.15) is 36.9 Å². The third-order valence-corrected chi connectivity index (χ3v) is 8.70. The Hall–Kier alpha value is -4.40. The van der Waals surface area contributed by atoms with E-state index in [2.05, 4.69) is 13.2 Å². The molecule has 0 aliphatic rings. The number of hydrogen-bond acceptors (Lipinski definition) is 8. The quantitative estimate of drug-likeness (QED) is 0.0620. The zero-order valence-corrected chi connectivity index (χ0v) is 26.6. The lowest BCUT2D eigenvalue weighted by molar-refractivity contribution is -0.144. The highest BCUT2D eigenvalue weighted by Crippen LogP contribution is 2.25. The van der Waals surface area contributed by atoms with E-state index < -0.39 is 24.1 Å². The highest BCUT2D eigenvalue weighted by Gasteiger charge is 2.17. The second kappa shape index (κ2) is 18.4. The third kappa shape index (κ3) is 11.9. The Morgan fingerprint density at radius 2 is 1.11 bits per heavy atom. The minimum absolute atomic E-state index is 0.212. The van der Waals surface area contributed by atoms with Crippen molar-refractivity contribution in [3.63, 3.8) is 0 Å². The van der Waals surface area contributed by atoms with Crippen LogP contribution in [0.5, 0.6) is 11.5 Å². The summed E-state index contributed by atoms with van der Waals surface area (Å²) in [4.78, 5) is 26.0. The average molecular weight is 641 g/mol. The van der Waals surface area contributed by atoms with Gasteiger partial charge in [-0.3, -0.25) is 0 Å². The normalized spacial score (nSPS) is 11.9. The Morgan fingerprint density at radius 3 is 1.64 bits per heavy atom. The second-order valence-corrected chi connectivity index (χ2v) is 12.0. The number of rotatable bonds is 18. The standard InChI is InChI=1S/C37H36O6S2/c1-3-36(38)42-31(26-44-33-14-7-5-8-15-33)24-40-30-21-19-28(20-22-30)23-29-13-11-12-18-35(29)41-25-32(43-37(39)4-2)27-45-34-16-9-6-10-17-34/h3-22,31-32H,1-2,23-27H2. The molecule has 0 amide bonds. The summed E-state index contributed by atoms with van der Waals surface area (Å²) in [6.45, 7) is 7.45. The SMILES string of the molecule is C=CC(=O)OC(COc1ccc(Cc2ccccc2OCC(CSc2ccccc2)OC(=O)C=C)cc1)CSc1ccccc1. The number of para-hydroxylation sites is 1. The predicted octanol–water partition coefficient (Wildman–Crippen LogP) is 7.82. The van der Waals surface area contributed by atoms with Crippen LogP contribution < -0.4 is 9.47 Å². The maximum Gasteiger partial charge on any atom is 0.330 e. The molecule has 0 spiro atoms. The summed E-state index contributed by atoms with van der Waals surface area (Å²) in [5, 5.41) is 0. The summed E-state index contributed by atoms with van der Waals surface area (Å²) >= 11 is 3.20. The molecule has 8 heteroatoms. The minimum Gasteiger partial charge on any atom is -0.490 e. The minimum atomic E-state index is -0.479. The highest BCUT2D eigenvalue weighted by atomic mass is 32.2. The van der Waals surface area contributed by atoms with Gasteiger partial charge in [-0.15, -0.1) is 23.5 Å². The molecule has 4 aromatic carbocycles. The monoisotopic (exact) mass is 640 g/mol. The van der Waals surface area contributed by atoms with E-state index in [1.54, 1.807) is 23.5 Å². The molecule has 0 aliphatic heterocycles. The largest absolute Gasteiger partial charge is 0.490 e. The molecular weight excluding hydrogens is 605 g/mol. The van der Waals surface area contributed by atoms with Gasteiger partial charge in [0.2, 0.25) is 0 Å². The number of hydrogen-bond donors (Lipinski definition) is 0. The van der Waals surface area contributed by atoms with E-state index >= 15 is 0 Å². The second-order valence-electron chi connectivity index (χ2n) is 9.82. The maximum absolute atomic E-state index is 12.0. The zero-order chi connectivity index (χ0) is 31.7. The van der Waals surface area contributed by atoms with Gasteiger partial charge in [-0.1, -0.05) is 79.9 Å². The van der Waals surface area contributed by atoms with Gasteiger partial charge in [-0.25, -0.2) is 9.59 Å². The van der Waals surface area contributed by atoms with Gasteiger partial charge in [0.15, 0.2) is 0 Å². The first kappa shape index (κ1) is 33.5. The number of esters is 2. The molecule has 0 aliphatic carbocycles. The molecule has 232 valence electrons. The van der Waals surface area contributed by atoms with Crippen molar-refractivity contribution in [3.8, 4) is 11.5 Å². The number of benzene rings is 4. The Kier molecular flexibility index (Phi) is 13.7. The van der Waals surface area contributed by atoms with E-state index in [1.807, 2.05) is 109 Å². The van der Waals surface area contributed by atoms with Gasteiger partial charge in [0.05, 0.1) is 0 Å². The topological polar surface area (TPSA) is 71.1 Å². The van der Waals surface area contributed by atoms with Crippen molar-refractivity contribution in [1.82, 2.24) is 0 Å². The molecule has 4 aromatic rings. The third-order valence-electron chi connectivity index (χ3n) is 6.41. The van der Waals surface area contributed by atoms with Crippen LogP contribution in [0, 0.1) is 0 Å². The van der Waals surface area contributed by atoms with Gasteiger partial charge < -0.3 is 18.9 Å². The predicted molar refractivity (Wildman–Crippen MR) is 181 cm³/mol. The first-order chi connectivity index (χ1) is 22.0. The van der Waals surface area contributed by atoms with Crippen molar-refractivity contribution in [1.29, 1.82) is 0 Å². The number of carbonyl (C=O) groups is 2. The van der Waals surface area contributed by atoms with Crippen molar-refractivity contribution >= 4 is 35.5 Å². The molecule has 0 heterocycles. The molecule has 0 bridgehead atoms. The fourth-order valence-electron chi connectivity index (χ4n) is 4.15. The van der Waals surface area contributed by atoms with Crippen molar-refractivity contribution in [2.75, 3.05) is 24.7 Å². The molecular formula is C37H36O6S2. The Morgan fingerprint density at radius 1 is 0.622 bits per heavy atom. The molecule has 0 fully saturated rings. The summed E-state index contributed by atoms with van der Waals surface area (Å²) in [6, 6.07) is 35.5. The molecule has 0 aromatic heterocycles. The van der Waals surface area contributed by atoms with E-state index in [0.717, 1.165) is 32.7 Å². The van der Waals surface area contributed by atoms with Crippen LogP contribution in [0.2, 0.25) is 0 Å². The summed E-state index contributed by atoms with van der Waals surface area (Å²) in [5.74, 6) is 1.55. The summed E-state index contributed by atoms with van der Waals surface area (Å²) in [5.41, 5.74) is 2.08. The van der Waals surface area contributed by atoms with Crippen molar-refractivity contribution in [2.24, 2.45) is 0 Å². The molecule has 4 rings (SSSR count). The Bertz CT molecular complexity index is 1510. The van der Waals surface area contributed by atoms with Crippen LogP contribution in [0.3, 0.4) is 0 Å². The first-order valence-corrected chi connectivity index (χ1v) is 16.4. The van der Waals surface area contributed by atoms with Crippen LogP contribution in [0.1, 0.15) is 11.1 Å². The summed E-state index contributed by atoms with van der Waals surface area (Å²) in [6.07, 6.45) is 2.07. The Labute approximate surface area is 273 Å². The van der Waals surface area contributed by atoms with Crippen LogP contribution in [0.25, 0.3) is 0 Å². The number of thioether (sulfide) groups is 2. The lowest BCUT2D eigenvalue weighted by atomic mass is 10.0. The highest BCUT2D eigenvalue weighted by molar-refractivity contribution is 7.99. The lowest BCUT2D eigenvalue weighted by Gasteiger charge is -2.19. The van der Waals surface area contributed by atoms with E-state index in [0.29, 0.717) is 23.7 Å². The van der Waals surface area contributed by atoms with Crippen molar-refractivity contribution in [2.45, 2.75) is 28.4 Å². The fraction of sp³-hybridized carbons (Fsp3) is 0.189.